The van der Waals surface area contributed by atoms with Crippen LogP contribution in [-0.2, 0) is 22.7 Å². The maximum absolute atomic E-state index is 12.0. The molecule has 0 fully saturated rings. The molecule has 2 atom stereocenters. The van der Waals surface area contributed by atoms with Crippen LogP contribution >= 0.6 is 35.6 Å². The van der Waals surface area contributed by atoms with Gasteiger partial charge >= 0.3 is 0 Å². The number of benzene rings is 2. The number of hydrogen-bond donors (Lipinski definition) is 1. The van der Waals surface area contributed by atoms with E-state index in [9.17, 15) is 8.42 Å². The van der Waals surface area contributed by atoms with Gasteiger partial charge < -0.3 is 10.5 Å². The fourth-order valence-electron chi connectivity index (χ4n) is 4.11. The van der Waals surface area contributed by atoms with Crippen LogP contribution in [0, 0.1) is 0 Å². The molecule has 0 aromatic heterocycles. The first-order chi connectivity index (χ1) is 14.8. The lowest BCUT2D eigenvalue weighted by Gasteiger charge is -2.32. The van der Waals surface area contributed by atoms with Gasteiger partial charge in [-0.1, -0.05) is 48.7 Å². The van der Waals surface area contributed by atoms with Crippen molar-refractivity contribution in [1.82, 2.24) is 0 Å². The van der Waals surface area contributed by atoms with E-state index in [1.165, 1.54) is 11.1 Å². The summed E-state index contributed by atoms with van der Waals surface area (Å²) in [6.45, 7) is 2.38. The number of fused-ring (bicyclic) bond motifs is 1. The standard InChI is InChI=1S/C24H31Cl2NO3S.ClH/c1-2-3-12-31(28,29)13-4-11-30-19-8-6-18-7-10-24(27)21(20(18)16-19)14-17-5-9-22(25)23(26)15-17;/h5-6,8-9,15-16,21,24H,2-4,7,10-14,27H2,1H3;1H. The molecule has 2 unspecified atom stereocenters. The van der Waals surface area contributed by atoms with Gasteiger partial charge in [0.15, 0.2) is 0 Å². The molecule has 8 heteroatoms. The second-order valence-corrected chi connectivity index (χ2v) is 11.4. The van der Waals surface area contributed by atoms with Crippen molar-refractivity contribution in [1.29, 1.82) is 0 Å². The molecule has 3 rings (SSSR count). The molecule has 0 heterocycles. The van der Waals surface area contributed by atoms with Crippen molar-refractivity contribution in [3.05, 3.63) is 63.1 Å². The number of rotatable bonds is 10. The van der Waals surface area contributed by atoms with Crippen LogP contribution in [0.25, 0.3) is 0 Å². The van der Waals surface area contributed by atoms with Crippen molar-refractivity contribution >= 4 is 45.4 Å². The molecule has 0 saturated carbocycles. The van der Waals surface area contributed by atoms with Crippen LogP contribution in [-0.4, -0.2) is 32.6 Å². The highest BCUT2D eigenvalue weighted by atomic mass is 35.5. The Morgan fingerprint density at radius 3 is 2.53 bits per heavy atom. The molecule has 2 aromatic rings. The van der Waals surface area contributed by atoms with Gasteiger partial charge in [0.2, 0.25) is 0 Å². The van der Waals surface area contributed by atoms with Gasteiger partial charge in [-0.25, -0.2) is 8.42 Å². The van der Waals surface area contributed by atoms with Crippen molar-refractivity contribution in [2.24, 2.45) is 5.73 Å². The van der Waals surface area contributed by atoms with Gasteiger partial charge in [0.1, 0.15) is 15.6 Å². The molecule has 0 amide bonds. The van der Waals surface area contributed by atoms with E-state index in [0.717, 1.165) is 37.0 Å². The Kier molecular flexibility index (Phi) is 10.6. The summed E-state index contributed by atoms with van der Waals surface area (Å²) in [7, 11) is -2.99. The summed E-state index contributed by atoms with van der Waals surface area (Å²) in [5, 5.41) is 1.10. The largest absolute Gasteiger partial charge is 0.494 e. The first-order valence-corrected chi connectivity index (χ1v) is 13.5. The van der Waals surface area contributed by atoms with E-state index >= 15 is 0 Å². The summed E-state index contributed by atoms with van der Waals surface area (Å²) < 4.78 is 29.9. The molecule has 0 saturated heterocycles. The minimum Gasteiger partial charge on any atom is -0.494 e. The highest BCUT2D eigenvalue weighted by Gasteiger charge is 2.28. The molecule has 0 radical (unpaired) electrons. The summed E-state index contributed by atoms with van der Waals surface area (Å²) in [6.07, 6.45) is 4.77. The molecule has 32 heavy (non-hydrogen) atoms. The second kappa shape index (κ2) is 12.5. The summed E-state index contributed by atoms with van der Waals surface area (Å²) in [5.41, 5.74) is 10.1. The molecule has 1 aliphatic rings. The van der Waals surface area contributed by atoms with Crippen LogP contribution in [0.5, 0.6) is 5.75 Å². The van der Waals surface area contributed by atoms with Gasteiger partial charge in [0.05, 0.1) is 28.2 Å². The predicted octanol–water partition coefficient (Wildman–Crippen LogP) is 6.00. The van der Waals surface area contributed by atoms with Crippen molar-refractivity contribution < 1.29 is 13.2 Å². The molecule has 0 spiro atoms. The lowest BCUT2D eigenvalue weighted by atomic mass is 9.76. The van der Waals surface area contributed by atoms with Crippen LogP contribution in [0.4, 0.5) is 0 Å². The Morgan fingerprint density at radius 1 is 1.06 bits per heavy atom. The molecule has 0 bridgehead atoms. The first-order valence-electron chi connectivity index (χ1n) is 10.9. The van der Waals surface area contributed by atoms with Gasteiger partial charge in [-0.3, -0.25) is 0 Å². The number of aryl methyl sites for hydroxylation is 1. The van der Waals surface area contributed by atoms with Crippen LogP contribution < -0.4 is 10.5 Å². The second-order valence-electron chi connectivity index (χ2n) is 8.33. The molecule has 1 aliphatic carbocycles. The van der Waals surface area contributed by atoms with E-state index in [-0.39, 0.29) is 35.9 Å². The molecule has 2 aromatic carbocycles. The Hall–Kier alpha value is -0.980. The maximum Gasteiger partial charge on any atom is 0.150 e. The smallest absolute Gasteiger partial charge is 0.150 e. The summed E-state index contributed by atoms with van der Waals surface area (Å²) in [5.74, 6) is 1.36. The Labute approximate surface area is 208 Å². The molecule has 0 aliphatic heterocycles. The zero-order valence-corrected chi connectivity index (χ0v) is 21.5. The molecule has 178 valence electrons. The molecule has 4 nitrogen and oxygen atoms in total. The average molecular weight is 521 g/mol. The van der Waals surface area contributed by atoms with Gasteiger partial charge in [-0.15, -0.1) is 12.4 Å². The molecule has 2 N–H and O–H groups in total. The fourth-order valence-corrected chi connectivity index (χ4v) is 5.92. The quantitative estimate of drug-likeness (QED) is 0.390. The lowest BCUT2D eigenvalue weighted by molar-refractivity contribution is 0.316. The van der Waals surface area contributed by atoms with Crippen LogP contribution in [0.15, 0.2) is 36.4 Å². The van der Waals surface area contributed by atoms with Crippen LogP contribution in [0.3, 0.4) is 0 Å². The van der Waals surface area contributed by atoms with E-state index in [2.05, 4.69) is 12.1 Å². The van der Waals surface area contributed by atoms with E-state index in [1.807, 2.05) is 31.2 Å². The maximum atomic E-state index is 12.0. The Morgan fingerprint density at radius 2 is 1.81 bits per heavy atom. The molecular formula is C24H32Cl3NO3S. The minimum atomic E-state index is -2.99. The Bertz CT molecular complexity index is 998. The summed E-state index contributed by atoms with van der Waals surface area (Å²) in [6, 6.07) is 11.9. The summed E-state index contributed by atoms with van der Waals surface area (Å²) >= 11 is 12.3. The van der Waals surface area contributed by atoms with Crippen molar-refractivity contribution in [2.75, 3.05) is 18.1 Å². The SMILES string of the molecule is CCCCS(=O)(=O)CCCOc1ccc2c(c1)C(Cc1ccc(Cl)c(Cl)c1)C(N)CC2.Cl. The first kappa shape index (κ1) is 27.3. The van der Waals surface area contributed by atoms with Crippen LogP contribution in [0.1, 0.15) is 55.2 Å². The van der Waals surface area contributed by atoms with E-state index in [1.54, 1.807) is 0 Å². The monoisotopic (exact) mass is 519 g/mol. The van der Waals surface area contributed by atoms with Gasteiger partial charge in [-0.05, 0) is 73.1 Å². The van der Waals surface area contributed by atoms with Gasteiger partial charge in [0.25, 0.3) is 0 Å². The van der Waals surface area contributed by atoms with Gasteiger partial charge in [0, 0.05) is 12.0 Å². The van der Waals surface area contributed by atoms with Gasteiger partial charge in [-0.2, -0.15) is 0 Å². The summed E-state index contributed by atoms with van der Waals surface area (Å²) in [4.78, 5) is 0. The number of sulfone groups is 1. The predicted molar refractivity (Wildman–Crippen MR) is 137 cm³/mol. The number of ether oxygens (including phenoxy) is 1. The van der Waals surface area contributed by atoms with Crippen molar-refractivity contribution in [3.63, 3.8) is 0 Å². The third-order valence-electron chi connectivity index (χ3n) is 5.90. The zero-order chi connectivity index (χ0) is 22.4. The highest BCUT2D eigenvalue weighted by Crippen LogP contribution is 2.36. The zero-order valence-electron chi connectivity index (χ0n) is 18.4. The number of unbranched alkanes of at least 4 members (excludes halogenated alkanes) is 1. The third-order valence-corrected chi connectivity index (χ3v) is 8.46. The minimum absolute atomic E-state index is 0. The van der Waals surface area contributed by atoms with Crippen molar-refractivity contribution in [3.8, 4) is 5.75 Å². The van der Waals surface area contributed by atoms with E-state index in [0.29, 0.717) is 29.5 Å². The Balaban J connectivity index is 0.00000363. The average Bonchev–Trinajstić information content (AvgIpc) is 2.74. The van der Waals surface area contributed by atoms with Crippen molar-refractivity contribution in [2.45, 2.75) is 57.4 Å². The topological polar surface area (TPSA) is 69.4 Å². The number of hydrogen-bond acceptors (Lipinski definition) is 4. The third kappa shape index (κ3) is 7.53. The number of halogens is 3. The van der Waals surface area contributed by atoms with E-state index < -0.39 is 9.84 Å². The molecular weight excluding hydrogens is 489 g/mol. The van der Waals surface area contributed by atoms with E-state index in [4.69, 9.17) is 33.7 Å². The highest BCUT2D eigenvalue weighted by molar-refractivity contribution is 7.91. The number of nitrogens with two attached hydrogens (primary N) is 1. The fraction of sp³-hybridized carbons (Fsp3) is 0.500. The van der Waals surface area contributed by atoms with Crippen LogP contribution in [0.2, 0.25) is 10.0 Å². The normalized spacial score (nSPS) is 18.0. The lowest BCUT2D eigenvalue weighted by Crippen LogP contribution is -2.34.